The quantitative estimate of drug-likeness (QED) is 0.861. The predicted octanol–water partition coefficient (Wildman–Crippen LogP) is 2.51. The largest absolute Gasteiger partial charge is 0.508 e. The molecule has 122 valence electrons. The minimum Gasteiger partial charge on any atom is -0.508 e. The summed E-state index contributed by atoms with van der Waals surface area (Å²) in [6.45, 7) is 8.61. The molecule has 6 heteroatoms. The van der Waals surface area contributed by atoms with E-state index in [0.717, 1.165) is 4.68 Å². The van der Waals surface area contributed by atoms with Gasteiger partial charge in [0.05, 0.1) is 5.69 Å². The second kappa shape index (κ2) is 5.87. The predicted molar refractivity (Wildman–Crippen MR) is 86.1 cm³/mol. The molecule has 1 aromatic heterocycles. The molecule has 0 aliphatic heterocycles. The van der Waals surface area contributed by atoms with Gasteiger partial charge in [0.1, 0.15) is 11.4 Å². The number of carbonyl (C=O) groups excluding carboxylic acids is 1. The molecule has 1 heterocycles. The van der Waals surface area contributed by atoms with E-state index in [1.807, 2.05) is 0 Å². The average molecular weight is 316 g/mol. The summed E-state index contributed by atoms with van der Waals surface area (Å²) in [4.78, 5) is 24.8. The van der Waals surface area contributed by atoms with Crippen LogP contribution < -0.4 is 5.56 Å². The Kier molecular flexibility index (Phi) is 4.27. The van der Waals surface area contributed by atoms with Crippen molar-refractivity contribution in [3.8, 4) is 11.4 Å². The first-order valence-corrected chi connectivity index (χ1v) is 7.23. The van der Waals surface area contributed by atoms with Gasteiger partial charge in [-0.1, -0.05) is 0 Å². The van der Waals surface area contributed by atoms with Gasteiger partial charge in [-0.3, -0.25) is 4.79 Å². The van der Waals surface area contributed by atoms with Crippen LogP contribution in [0.25, 0.3) is 5.69 Å². The van der Waals surface area contributed by atoms with Crippen LogP contribution in [0.2, 0.25) is 0 Å². The molecule has 0 bridgehead atoms. The highest BCUT2D eigenvalue weighted by atomic mass is 16.6. The van der Waals surface area contributed by atoms with Crippen molar-refractivity contribution in [2.75, 3.05) is 0 Å². The number of rotatable bonds is 2. The number of carbonyl (C=O) groups is 1. The highest BCUT2D eigenvalue weighted by molar-refractivity contribution is 5.89. The number of aromatic hydroxyl groups is 1. The lowest BCUT2D eigenvalue weighted by atomic mass is 10.1. The zero-order valence-corrected chi connectivity index (χ0v) is 13.9. The lowest BCUT2D eigenvalue weighted by molar-refractivity contribution is 0.00596. The number of ether oxygens (including phenoxy) is 1. The molecule has 0 saturated carbocycles. The molecule has 23 heavy (non-hydrogen) atoms. The normalized spacial score (nSPS) is 11.3. The van der Waals surface area contributed by atoms with Crippen LogP contribution in [-0.4, -0.2) is 26.5 Å². The fraction of sp³-hybridized carbons (Fsp3) is 0.353. The van der Waals surface area contributed by atoms with Crippen molar-refractivity contribution >= 4 is 5.97 Å². The summed E-state index contributed by atoms with van der Waals surface area (Å²) >= 11 is 0. The molecule has 0 amide bonds. The summed E-state index contributed by atoms with van der Waals surface area (Å²) in [5, 5.41) is 13.5. The van der Waals surface area contributed by atoms with E-state index in [1.54, 1.807) is 46.8 Å². The Morgan fingerprint density at radius 2 is 1.70 bits per heavy atom. The lowest BCUT2D eigenvalue weighted by Gasteiger charge is -2.20. The number of hydrogen-bond donors (Lipinski definition) is 1. The molecule has 0 radical (unpaired) electrons. The smallest absolute Gasteiger partial charge is 0.359 e. The fourth-order valence-corrected chi connectivity index (χ4v) is 2.01. The van der Waals surface area contributed by atoms with E-state index in [2.05, 4.69) is 5.10 Å². The second-order valence-electron chi connectivity index (χ2n) is 6.33. The molecular formula is C17H20N2O4. The Balaban J connectivity index is 2.60. The molecule has 0 atom stereocenters. The Labute approximate surface area is 134 Å². The summed E-state index contributed by atoms with van der Waals surface area (Å²) < 4.78 is 6.49. The van der Waals surface area contributed by atoms with E-state index in [-0.39, 0.29) is 17.0 Å². The third kappa shape index (κ3) is 3.59. The highest BCUT2D eigenvalue weighted by Gasteiger charge is 2.23. The van der Waals surface area contributed by atoms with Crippen molar-refractivity contribution in [2.45, 2.75) is 40.2 Å². The van der Waals surface area contributed by atoms with E-state index in [0.29, 0.717) is 16.8 Å². The van der Waals surface area contributed by atoms with Crippen molar-refractivity contribution in [3.05, 3.63) is 51.4 Å². The van der Waals surface area contributed by atoms with Crippen LogP contribution in [0.3, 0.4) is 0 Å². The molecule has 0 unspecified atom stereocenters. The van der Waals surface area contributed by atoms with E-state index in [4.69, 9.17) is 4.74 Å². The number of nitrogens with zero attached hydrogens (tertiary/aromatic N) is 2. The molecule has 1 N–H and O–H groups in total. The minimum atomic E-state index is -0.654. The summed E-state index contributed by atoms with van der Waals surface area (Å²) in [6, 6.07) is 6.01. The van der Waals surface area contributed by atoms with Gasteiger partial charge in [0.15, 0.2) is 5.69 Å². The maximum Gasteiger partial charge on any atom is 0.359 e. The van der Waals surface area contributed by atoms with Crippen molar-refractivity contribution in [3.63, 3.8) is 0 Å². The van der Waals surface area contributed by atoms with Crippen LogP contribution in [0, 0.1) is 13.8 Å². The van der Waals surface area contributed by atoms with Gasteiger partial charge in [0, 0.05) is 5.56 Å². The fourth-order valence-electron chi connectivity index (χ4n) is 2.01. The Hall–Kier alpha value is -2.63. The monoisotopic (exact) mass is 316 g/mol. The summed E-state index contributed by atoms with van der Waals surface area (Å²) in [7, 11) is 0. The highest BCUT2D eigenvalue weighted by Crippen LogP contribution is 2.16. The van der Waals surface area contributed by atoms with Crippen molar-refractivity contribution in [1.82, 2.24) is 9.78 Å². The second-order valence-corrected chi connectivity index (χ2v) is 6.33. The SMILES string of the molecule is Cc1c(C(=O)OC(C)(C)C)nn(-c2ccc(O)cc2)c(=O)c1C. The van der Waals surface area contributed by atoms with E-state index < -0.39 is 11.6 Å². The number of aromatic nitrogens is 2. The molecule has 0 aliphatic rings. The topological polar surface area (TPSA) is 81.4 Å². The van der Waals surface area contributed by atoms with Gasteiger partial charge in [0.25, 0.3) is 5.56 Å². The van der Waals surface area contributed by atoms with Crippen LogP contribution in [0.4, 0.5) is 0 Å². The Morgan fingerprint density at radius 3 is 2.22 bits per heavy atom. The van der Waals surface area contributed by atoms with Crippen LogP contribution in [0.15, 0.2) is 29.1 Å². The van der Waals surface area contributed by atoms with Gasteiger partial charge >= 0.3 is 5.97 Å². The maximum absolute atomic E-state index is 12.4. The van der Waals surface area contributed by atoms with Crippen LogP contribution in [0.5, 0.6) is 5.75 Å². The van der Waals surface area contributed by atoms with Gasteiger partial charge in [-0.05, 0) is 64.4 Å². The molecule has 0 fully saturated rings. The van der Waals surface area contributed by atoms with E-state index in [9.17, 15) is 14.7 Å². The molecule has 6 nitrogen and oxygen atoms in total. The number of phenolic OH excluding ortho intramolecular Hbond substituents is 1. The van der Waals surface area contributed by atoms with Crippen LogP contribution >= 0.6 is 0 Å². The summed E-state index contributed by atoms with van der Waals surface area (Å²) in [6.07, 6.45) is 0. The van der Waals surface area contributed by atoms with E-state index in [1.165, 1.54) is 12.1 Å². The van der Waals surface area contributed by atoms with Crippen molar-refractivity contribution < 1.29 is 14.6 Å². The van der Waals surface area contributed by atoms with Gasteiger partial charge in [-0.25, -0.2) is 4.79 Å². The number of esters is 1. The molecule has 1 aromatic carbocycles. The van der Waals surface area contributed by atoms with Gasteiger partial charge in [-0.2, -0.15) is 9.78 Å². The lowest BCUT2D eigenvalue weighted by Crippen LogP contribution is -2.31. The minimum absolute atomic E-state index is 0.0815. The number of hydrogen-bond acceptors (Lipinski definition) is 5. The first kappa shape index (κ1) is 16.7. The Bertz CT molecular complexity index is 799. The molecule has 2 rings (SSSR count). The van der Waals surface area contributed by atoms with Crippen LogP contribution in [-0.2, 0) is 4.74 Å². The van der Waals surface area contributed by atoms with E-state index >= 15 is 0 Å². The molecule has 0 saturated heterocycles. The first-order chi connectivity index (χ1) is 10.6. The van der Waals surface area contributed by atoms with Crippen molar-refractivity contribution in [2.24, 2.45) is 0 Å². The first-order valence-electron chi connectivity index (χ1n) is 7.23. The Morgan fingerprint density at radius 1 is 1.13 bits per heavy atom. The maximum atomic E-state index is 12.4. The standard InChI is InChI=1S/C17H20N2O4/c1-10-11(2)15(21)19(12-6-8-13(20)9-7-12)18-14(10)16(22)23-17(3,4)5/h6-9,20H,1-5H3. The third-order valence-electron chi connectivity index (χ3n) is 3.32. The van der Waals surface area contributed by atoms with Gasteiger partial charge in [-0.15, -0.1) is 0 Å². The summed E-state index contributed by atoms with van der Waals surface area (Å²) in [5.41, 5.74) is 0.512. The van der Waals surface area contributed by atoms with Gasteiger partial charge < -0.3 is 9.84 Å². The number of benzene rings is 1. The summed E-state index contributed by atoms with van der Waals surface area (Å²) in [5.74, 6) is -0.497. The average Bonchev–Trinajstić information content (AvgIpc) is 2.44. The van der Waals surface area contributed by atoms with Gasteiger partial charge in [0.2, 0.25) is 0 Å². The molecule has 0 spiro atoms. The zero-order valence-electron chi connectivity index (χ0n) is 13.9. The molecular weight excluding hydrogens is 296 g/mol. The van der Waals surface area contributed by atoms with Crippen LogP contribution in [0.1, 0.15) is 42.4 Å². The molecule has 2 aromatic rings. The number of phenols is 1. The van der Waals surface area contributed by atoms with Crippen molar-refractivity contribution in [1.29, 1.82) is 0 Å². The third-order valence-corrected chi connectivity index (χ3v) is 3.32. The molecule has 0 aliphatic carbocycles. The zero-order chi connectivity index (χ0) is 17.4.